The molecule has 2 aromatic heterocycles. The molecule has 4 fully saturated rings. The molecule has 3 saturated carbocycles. The number of aromatic nitrogens is 3. The fraction of sp³-hybridized carbons (Fsp3) is 0.560. The summed E-state index contributed by atoms with van der Waals surface area (Å²) in [6.45, 7) is 3.71. The smallest absolute Gasteiger partial charge is 0.289 e. The molecular formula is C25H33N7O3. The van der Waals surface area contributed by atoms with E-state index in [4.69, 9.17) is 20.6 Å². The number of ether oxygens (including phenoxy) is 2. The number of methoxy groups -OCH3 is 1. The Bertz CT molecular complexity index is 1100. The first-order valence-electron chi connectivity index (χ1n) is 12.3. The number of amides is 1. The zero-order chi connectivity index (χ0) is 24.6. The number of hydrogen-bond donors (Lipinski definition) is 3. The van der Waals surface area contributed by atoms with Crippen LogP contribution in [0.5, 0.6) is 5.88 Å². The van der Waals surface area contributed by atoms with Crippen molar-refractivity contribution in [3.8, 4) is 5.88 Å². The second kappa shape index (κ2) is 9.41. The van der Waals surface area contributed by atoms with Gasteiger partial charge in [0.1, 0.15) is 17.7 Å². The summed E-state index contributed by atoms with van der Waals surface area (Å²) in [5.74, 6) is 2.14. The molecule has 3 aliphatic carbocycles. The number of pyridine rings is 1. The fourth-order valence-electron chi connectivity index (χ4n) is 5.40. The van der Waals surface area contributed by atoms with E-state index >= 15 is 0 Å². The molecule has 4 N–H and O–H groups in total. The Balaban J connectivity index is 1.31. The molecule has 2 bridgehead atoms. The minimum Gasteiger partial charge on any atom is -0.472 e. The molecule has 0 unspecified atom stereocenters. The lowest BCUT2D eigenvalue weighted by Gasteiger charge is -2.61. The van der Waals surface area contributed by atoms with Gasteiger partial charge < -0.3 is 30.8 Å². The van der Waals surface area contributed by atoms with Crippen LogP contribution in [0.2, 0.25) is 0 Å². The molecule has 0 spiro atoms. The molecule has 0 radical (unpaired) electrons. The Morgan fingerprint density at radius 2 is 2.06 bits per heavy atom. The average molecular weight is 480 g/mol. The normalized spacial score (nSPS) is 24.2. The van der Waals surface area contributed by atoms with Crippen LogP contribution in [0, 0.1) is 17.2 Å². The Morgan fingerprint density at radius 3 is 2.69 bits per heavy atom. The lowest BCUT2D eigenvalue weighted by Crippen LogP contribution is -2.68. The molecule has 186 valence electrons. The number of carbonyl (C=O) groups excluding carboxylic acids is 1. The highest BCUT2D eigenvalue weighted by Crippen LogP contribution is 2.56. The molecule has 0 aromatic carbocycles. The largest absolute Gasteiger partial charge is 0.472 e. The van der Waals surface area contributed by atoms with Gasteiger partial charge in [0.15, 0.2) is 0 Å². The number of hydrogen-bond acceptors (Lipinski definition) is 9. The summed E-state index contributed by atoms with van der Waals surface area (Å²) >= 11 is 0. The third kappa shape index (κ3) is 4.80. The summed E-state index contributed by atoms with van der Waals surface area (Å²) in [6, 6.07) is 5.44. The molecule has 10 nitrogen and oxygen atoms in total. The van der Waals surface area contributed by atoms with Gasteiger partial charge in [0.25, 0.3) is 5.91 Å². The number of rotatable bonds is 9. The standard InChI is InChI=1S/C25H33N7O3/c1-15(14-34-2)35-20-10-19(29-23(30-20)24(33)31-25-11-16(12-25)13-25)32-8-5-17(6-9-32)21(26)18-4-3-7-28-22(18)27/h3-4,7,10,15-17,26H,5-6,8-9,11-14H2,1-2H3,(H2,27,28)(H,31,33)/t15-,16?,25?/m1/s1. The molecule has 10 heteroatoms. The van der Waals surface area contributed by atoms with Crippen molar-refractivity contribution in [1.82, 2.24) is 20.3 Å². The van der Waals surface area contributed by atoms with Crippen LogP contribution >= 0.6 is 0 Å². The molecule has 3 heterocycles. The summed E-state index contributed by atoms with van der Waals surface area (Å²) in [4.78, 5) is 28.3. The maximum absolute atomic E-state index is 13.0. The zero-order valence-electron chi connectivity index (χ0n) is 20.3. The van der Waals surface area contributed by atoms with Crippen molar-refractivity contribution in [2.24, 2.45) is 11.8 Å². The van der Waals surface area contributed by atoms with Gasteiger partial charge in [-0.1, -0.05) is 0 Å². The number of piperidine rings is 1. The Labute approximate surface area is 205 Å². The lowest BCUT2D eigenvalue weighted by molar-refractivity contribution is -0.0441. The molecule has 1 saturated heterocycles. The van der Waals surface area contributed by atoms with Gasteiger partial charge in [-0.25, -0.2) is 9.97 Å². The molecule has 2 aromatic rings. The molecular weight excluding hydrogens is 446 g/mol. The molecule has 1 amide bonds. The van der Waals surface area contributed by atoms with Crippen LogP contribution in [0.25, 0.3) is 0 Å². The van der Waals surface area contributed by atoms with E-state index in [9.17, 15) is 4.79 Å². The third-order valence-corrected chi connectivity index (χ3v) is 7.39. The predicted octanol–water partition coefficient (Wildman–Crippen LogP) is 2.43. The van der Waals surface area contributed by atoms with Crippen LogP contribution in [0.4, 0.5) is 11.6 Å². The number of nitrogens with zero attached hydrogens (tertiary/aromatic N) is 4. The van der Waals surface area contributed by atoms with E-state index in [0.29, 0.717) is 48.5 Å². The second-order valence-electron chi connectivity index (χ2n) is 10.1. The fourth-order valence-corrected chi connectivity index (χ4v) is 5.40. The predicted molar refractivity (Wildman–Crippen MR) is 132 cm³/mol. The first-order chi connectivity index (χ1) is 16.9. The van der Waals surface area contributed by atoms with E-state index in [1.54, 1.807) is 19.4 Å². The van der Waals surface area contributed by atoms with E-state index in [1.165, 1.54) is 0 Å². The van der Waals surface area contributed by atoms with Gasteiger partial charge in [0, 0.05) is 55.2 Å². The van der Waals surface area contributed by atoms with Crippen LogP contribution in [0.1, 0.15) is 55.2 Å². The van der Waals surface area contributed by atoms with Gasteiger partial charge in [-0.3, -0.25) is 4.79 Å². The highest BCUT2D eigenvalue weighted by atomic mass is 16.5. The number of carbonyl (C=O) groups is 1. The third-order valence-electron chi connectivity index (χ3n) is 7.39. The Morgan fingerprint density at radius 1 is 1.31 bits per heavy atom. The van der Waals surface area contributed by atoms with Crippen molar-refractivity contribution in [3.63, 3.8) is 0 Å². The second-order valence-corrected chi connectivity index (χ2v) is 10.1. The maximum atomic E-state index is 13.0. The molecule has 1 aliphatic heterocycles. The average Bonchev–Trinajstić information content (AvgIpc) is 2.80. The molecule has 35 heavy (non-hydrogen) atoms. The SMILES string of the molecule is COC[C@@H](C)Oc1cc(N2CCC(C(=N)c3cccnc3N)CC2)nc(C(=O)NC23CC(C2)C3)n1. The summed E-state index contributed by atoms with van der Waals surface area (Å²) in [6.07, 6.45) is 6.12. The van der Waals surface area contributed by atoms with Crippen LogP contribution < -0.4 is 20.7 Å². The number of anilines is 2. The van der Waals surface area contributed by atoms with Gasteiger partial charge in [-0.15, -0.1) is 0 Å². The first-order valence-corrected chi connectivity index (χ1v) is 12.3. The minimum absolute atomic E-state index is 0.0572. The van der Waals surface area contributed by atoms with Crippen molar-refractivity contribution >= 4 is 23.3 Å². The van der Waals surface area contributed by atoms with Gasteiger partial charge in [-0.2, -0.15) is 4.98 Å². The van der Waals surface area contributed by atoms with Crippen molar-refractivity contribution in [1.29, 1.82) is 5.41 Å². The van der Waals surface area contributed by atoms with E-state index in [2.05, 4.69) is 25.2 Å². The van der Waals surface area contributed by atoms with Gasteiger partial charge in [0.2, 0.25) is 11.7 Å². The van der Waals surface area contributed by atoms with Crippen LogP contribution in [0.15, 0.2) is 24.4 Å². The van der Waals surface area contributed by atoms with E-state index < -0.39 is 0 Å². The monoisotopic (exact) mass is 479 g/mol. The van der Waals surface area contributed by atoms with Crippen molar-refractivity contribution in [3.05, 3.63) is 35.8 Å². The van der Waals surface area contributed by atoms with E-state index in [-0.39, 0.29) is 29.3 Å². The van der Waals surface area contributed by atoms with E-state index in [0.717, 1.165) is 38.0 Å². The molecule has 1 atom stereocenters. The van der Waals surface area contributed by atoms with Crippen LogP contribution in [0.3, 0.4) is 0 Å². The first kappa shape index (κ1) is 23.5. The summed E-state index contributed by atoms with van der Waals surface area (Å²) in [7, 11) is 1.62. The topological polar surface area (TPSA) is 139 Å². The van der Waals surface area contributed by atoms with Crippen molar-refractivity contribution < 1.29 is 14.3 Å². The Kier molecular flexibility index (Phi) is 6.31. The zero-order valence-corrected chi connectivity index (χ0v) is 20.3. The minimum atomic E-state index is -0.252. The number of nitrogen functional groups attached to an aromatic ring is 1. The van der Waals surface area contributed by atoms with E-state index in [1.807, 2.05) is 19.1 Å². The quantitative estimate of drug-likeness (QED) is 0.466. The summed E-state index contributed by atoms with van der Waals surface area (Å²) in [5.41, 5.74) is 7.15. The van der Waals surface area contributed by atoms with Crippen LogP contribution in [-0.2, 0) is 4.74 Å². The lowest BCUT2D eigenvalue weighted by atomic mass is 9.50. The maximum Gasteiger partial charge on any atom is 0.289 e. The Hall–Kier alpha value is -3.27. The number of nitrogens with two attached hydrogens (primary N) is 1. The molecule has 4 aliphatic rings. The van der Waals surface area contributed by atoms with Gasteiger partial charge in [-0.05, 0) is 57.1 Å². The van der Waals surface area contributed by atoms with Gasteiger partial charge >= 0.3 is 0 Å². The van der Waals surface area contributed by atoms with Crippen molar-refractivity contribution in [2.75, 3.05) is 37.4 Å². The summed E-state index contributed by atoms with van der Waals surface area (Å²) < 4.78 is 11.1. The highest BCUT2D eigenvalue weighted by molar-refractivity contribution is 6.03. The number of nitrogens with one attached hydrogen (secondary N) is 2. The summed E-state index contributed by atoms with van der Waals surface area (Å²) in [5, 5.41) is 11.8. The van der Waals surface area contributed by atoms with Crippen molar-refractivity contribution in [2.45, 2.75) is 50.7 Å². The van der Waals surface area contributed by atoms with Crippen LogP contribution in [-0.4, -0.2) is 65.0 Å². The highest BCUT2D eigenvalue weighted by Gasteiger charge is 2.57. The van der Waals surface area contributed by atoms with Gasteiger partial charge in [0.05, 0.1) is 6.61 Å². The molecule has 6 rings (SSSR count).